The Bertz CT molecular complexity index is 503. The Morgan fingerprint density at radius 2 is 2.10 bits per heavy atom. The van der Waals surface area contributed by atoms with Gasteiger partial charge in [0, 0.05) is 12.6 Å². The molecule has 1 saturated heterocycles. The SMILES string of the molecule is O=C1OCCC1CCN(CCO)C1CCc2ccccc21. The Kier molecular flexibility index (Phi) is 4.56. The van der Waals surface area contributed by atoms with Crippen LogP contribution in [0.4, 0.5) is 0 Å². The first kappa shape index (κ1) is 14.5. The smallest absolute Gasteiger partial charge is 0.309 e. The third-order valence-corrected chi connectivity index (χ3v) is 4.74. The third kappa shape index (κ3) is 3.11. The number of ether oxygens (including phenoxy) is 1. The lowest BCUT2D eigenvalue weighted by atomic mass is 10.0. The third-order valence-electron chi connectivity index (χ3n) is 4.74. The van der Waals surface area contributed by atoms with Crippen LogP contribution in [0, 0.1) is 5.92 Å². The molecule has 0 spiro atoms. The minimum absolute atomic E-state index is 0.0443. The van der Waals surface area contributed by atoms with Crippen LogP contribution in [0.1, 0.15) is 36.4 Å². The molecule has 3 rings (SSSR count). The van der Waals surface area contributed by atoms with Gasteiger partial charge < -0.3 is 9.84 Å². The van der Waals surface area contributed by atoms with Crippen molar-refractivity contribution in [2.24, 2.45) is 5.92 Å². The molecule has 1 aliphatic heterocycles. The van der Waals surface area contributed by atoms with Crippen molar-refractivity contribution in [3.05, 3.63) is 35.4 Å². The highest BCUT2D eigenvalue weighted by molar-refractivity contribution is 5.74. The fraction of sp³-hybridized carbons (Fsp3) is 0.588. The van der Waals surface area contributed by atoms with Crippen LogP contribution in [0.3, 0.4) is 0 Å². The molecule has 1 aromatic rings. The van der Waals surface area contributed by atoms with Gasteiger partial charge in [0.15, 0.2) is 0 Å². The molecular weight excluding hydrogens is 266 g/mol. The van der Waals surface area contributed by atoms with Gasteiger partial charge in [0.25, 0.3) is 0 Å². The van der Waals surface area contributed by atoms with Crippen LogP contribution in [0.2, 0.25) is 0 Å². The van der Waals surface area contributed by atoms with Gasteiger partial charge in [0.05, 0.1) is 19.1 Å². The van der Waals surface area contributed by atoms with Crippen molar-refractivity contribution < 1.29 is 14.6 Å². The molecule has 2 unspecified atom stereocenters. The molecular formula is C17H23NO3. The molecule has 114 valence electrons. The van der Waals surface area contributed by atoms with Crippen LogP contribution < -0.4 is 0 Å². The van der Waals surface area contributed by atoms with Gasteiger partial charge in [-0.05, 0) is 43.4 Å². The van der Waals surface area contributed by atoms with Crippen molar-refractivity contribution in [3.8, 4) is 0 Å². The molecule has 0 saturated carbocycles. The van der Waals surface area contributed by atoms with Gasteiger partial charge in [-0.1, -0.05) is 24.3 Å². The molecule has 2 atom stereocenters. The summed E-state index contributed by atoms with van der Waals surface area (Å²) in [6.45, 7) is 2.24. The summed E-state index contributed by atoms with van der Waals surface area (Å²) in [7, 11) is 0. The summed E-state index contributed by atoms with van der Waals surface area (Å²) in [5.74, 6) is -0.00592. The highest BCUT2D eigenvalue weighted by Gasteiger charge is 2.30. The van der Waals surface area contributed by atoms with Crippen molar-refractivity contribution in [3.63, 3.8) is 0 Å². The minimum Gasteiger partial charge on any atom is -0.465 e. The zero-order chi connectivity index (χ0) is 14.7. The molecule has 4 heteroatoms. The number of carbonyl (C=O) groups excluding carboxylic acids is 1. The molecule has 0 bridgehead atoms. The Morgan fingerprint density at radius 3 is 2.86 bits per heavy atom. The number of aliphatic hydroxyl groups is 1. The van der Waals surface area contributed by atoms with E-state index in [4.69, 9.17) is 4.74 Å². The van der Waals surface area contributed by atoms with E-state index in [1.54, 1.807) is 0 Å². The lowest BCUT2D eigenvalue weighted by Crippen LogP contribution is -2.32. The summed E-state index contributed by atoms with van der Waals surface area (Å²) >= 11 is 0. The number of aryl methyl sites for hydroxylation is 1. The number of cyclic esters (lactones) is 1. The van der Waals surface area contributed by atoms with Gasteiger partial charge in [-0.15, -0.1) is 0 Å². The summed E-state index contributed by atoms with van der Waals surface area (Å²) in [5, 5.41) is 9.36. The van der Waals surface area contributed by atoms with E-state index in [0.29, 0.717) is 19.2 Å². The quantitative estimate of drug-likeness (QED) is 0.813. The highest BCUT2D eigenvalue weighted by atomic mass is 16.5. The molecule has 1 fully saturated rings. The Hall–Kier alpha value is -1.39. The molecule has 2 aliphatic rings. The first-order valence-electron chi connectivity index (χ1n) is 7.89. The van der Waals surface area contributed by atoms with E-state index in [2.05, 4.69) is 29.2 Å². The van der Waals surface area contributed by atoms with Gasteiger partial charge >= 0.3 is 5.97 Å². The van der Waals surface area contributed by atoms with Crippen molar-refractivity contribution in [1.82, 2.24) is 4.90 Å². The predicted molar refractivity (Wildman–Crippen MR) is 79.8 cm³/mol. The zero-order valence-corrected chi connectivity index (χ0v) is 12.3. The zero-order valence-electron chi connectivity index (χ0n) is 12.3. The van der Waals surface area contributed by atoms with Crippen molar-refractivity contribution in [2.45, 2.75) is 31.7 Å². The Labute approximate surface area is 125 Å². The molecule has 0 amide bonds. The Morgan fingerprint density at radius 1 is 1.24 bits per heavy atom. The van der Waals surface area contributed by atoms with E-state index in [0.717, 1.165) is 32.2 Å². The second-order valence-electron chi connectivity index (χ2n) is 5.95. The average molecular weight is 289 g/mol. The summed E-state index contributed by atoms with van der Waals surface area (Å²) in [4.78, 5) is 13.9. The van der Waals surface area contributed by atoms with E-state index in [-0.39, 0.29) is 18.5 Å². The maximum atomic E-state index is 11.6. The topological polar surface area (TPSA) is 49.8 Å². The van der Waals surface area contributed by atoms with Crippen LogP contribution in [-0.4, -0.2) is 42.3 Å². The molecule has 1 aromatic carbocycles. The van der Waals surface area contributed by atoms with Crippen LogP contribution in [0.25, 0.3) is 0 Å². The number of hydrogen-bond donors (Lipinski definition) is 1. The van der Waals surface area contributed by atoms with Gasteiger partial charge in [0.1, 0.15) is 0 Å². The molecule has 4 nitrogen and oxygen atoms in total. The average Bonchev–Trinajstić information content (AvgIpc) is 3.10. The number of nitrogens with zero attached hydrogens (tertiary/aromatic N) is 1. The van der Waals surface area contributed by atoms with Gasteiger partial charge in [-0.25, -0.2) is 0 Å². The van der Waals surface area contributed by atoms with Crippen molar-refractivity contribution >= 4 is 5.97 Å². The second-order valence-corrected chi connectivity index (χ2v) is 5.95. The standard InChI is InChI=1S/C17H23NO3/c19-11-10-18(9-7-14-8-12-21-17(14)20)16-6-5-13-3-1-2-4-15(13)16/h1-4,14,16,19H,5-12H2. The van der Waals surface area contributed by atoms with E-state index in [1.165, 1.54) is 11.1 Å². The highest BCUT2D eigenvalue weighted by Crippen LogP contribution is 2.36. The van der Waals surface area contributed by atoms with E-state index >= 15 is 0 Å². The largest absolute Gasteiger partial charge is 0.465 e. The number of fused-ring (bicyclic) bond motifs is 1. The lowest BCUT2D eigenvalue weighted by molar-refractivity contribution is -0.141. The summed E-state index contributed by atoms with van der Waals surface area (Å²) in [5.41, 5.74) is 2.81. The normalized spacial score (nSPS) is 24.4. The number of benzene rings is 1. The van der Waals surface area contributed by atoms with Crippen molar-refractivity contribution in [1.29, 1.82) is 0 Å². The van der Waals surface area contributed by atoms with E-state index in [9.17, 15) is 9.90 Å². The van der Waals surface area contributed by atoms with Crippen LogP contribution >= 0.6 is 0 Å². The number of esters is 1. The number of aliphatic hydroxyl groups excluding tert-OH is 1. The maximum Gasteiger partial charge on any atom is 0.309 e. The molecule has 21 heavy (non-hydrogen) atoms. The van der Waals surface area contributed by atoms with Gasteiger partial charge in [-0.3, -0.25) is 9.69 Å². The lowest BCUT2D eigenvalue weighted by Gasteiger charge is -2.29. The van der Waals surface area contributed by atoms with Crippen LogP contribution in [-0.2, 0) is 16.0 Å². The van der Waals surface area contributed by atoms with Gasteiger partial charge in [-0.2, -0.15) is 0 Å². The fourth-order valence-corrected chi connectivity index (χ4v) is 3.59. The van der Waals surface area contributed by atoms with Crippen LogP contribution in [0.15, 0.2) is 24.3 Å². The number of carbonyl (C=O) groups is 1. The maximum absolute atomic E-state index is 11.6. The summed E-state index contributed by atoms with van der Waals surface area (Å²) in [6, 6.07) is 8.95. The molecule has 1 aliphatic carbocycles. The summed E-state index contributed by atoms with van der Waals surface area (Å²) in [6.07, 6.45) is 3.88. The first-order chi connectivity index (χ1) is 10.3. The van der Waals surface area contributed by atoms with Crippen LogP contribution in [0.5, 0.6) is 0 Å². The molecule has 0 radical (unpaired) electrons. The fourth-order valence-electron chi connectivity index (χ4n) is 3.59. The van der Waals surface area contributed by atoms with Crippen molar-refractivity contribution in [2.75, 3.05) is 26.3 Å². The second kappa shape index (κ2) is 6.58. The molecule has 0 aromatic heterocycles. The van der Waals surface area contributed by atoms with E-state index < -0.39 is 0 Å². The number of rotatable bonds is 6. The van der Waals surface area contributed by atoms with E-state index in [1.807, 2.05) is 0 Å². The predicted octanol–water partition coefficient (Wildman–Crippen LogP) is 1.92. The minimum atomic E-state index is -0.0502. The van der Waals surface area contributed by atoms with Gasteiger partial charge in [0.2, 0.25) is 0 Å². The number of hydrogen-bond acceptors (Lipinski definition) is 4. The monoisotopic (exact) mass is 289 g/mol. The molecule has 1 heterocycles. The molecule has 1 N–H and O–H groups in total. The summed E-state index contributed by atoms with van der Waals surface area (Å²) < 4.78 is 5.03. The first-order valence-corrected chi connectivity index (χ1v) is 7.89. The Balaban J connectivity index is 1.66.